The molecular formula is C13H20N2O. The predicted molar refractivity (Wildman–Crippen MR) is 65.7 cm³/mol. The molecule has 1 saturated heterocycles. The molecule has 0 saturated carbocycles. The molecule has 2 rings (SSSR count). The maximum Gasteiger partial charge on any atom is 0.0576 e. The standard InChI is InChI=1S/C13H20N2O/c1-3-11-4-5-12(9-14-11)15-7-6-13(16)8-10(15)2/h4-5,9-10,13,16H,3,6-8H2,1-2H3/t10-,13?/m0/s1. The molecule has 1 N–H and O–H groups in total. The lowest BCUT2D eigenvalue weighted by molar-refractivity contribution is 0.131. The van der Waals surface area contributed by atoms with Gasteiger partial charge in [0.2, 0.25) is 0 Å². The van der Waals surface area contributed by atoms with Gasteiger partial charge in [0.05, 0.1) is 18.0 Å². The van der Waals surface area contributed by atoms with E-state index in [1.54, 1.807) is 0 Å². The van der Waals surface area contributed by atoms with Gasteiger partial charge in [-0.25, -0.2) is 0 Å². The van der Waals surface area contributed by atoms with Gasteiger partial charge in [0.1, 0.15) is 0 Å². The first kappa shape index (κ1) is 11.4. The van der Waals surface area contributed by atoms with Gasteiger partial charge in [0.25, 0.3) is 0 Å². The van der Waals surface area contributed by atoms with Crippen molar-refractivity contribution in [3.8, 4) is 0 Å². The summed E-state index contributed by atoms with van der Waals surface area (Å²) in [6, 6.07) is 4.63. The van der Waals surface area contributed by atoms with E-state index in [0.29, 0.717) is 6.04 Å². The zero-order valence-electron chi connectivity index (χ0n) is 10.1. The Morgan fingerprint density at radius 1 is 1.50 bits per heavy atom. The Morgan fingerprint density at radius 2 is 2.31 bits per heavy atom. The predicted octanol–water partition coefficient (Wildman–Crippen LogP) is 1.99. The molecule has 0 aromatic carbocycles. The van der Waals surface area contributed by atoms with Crippen LogP contribution in [-0.2, 0) is 6.42 Å². The fourth-order valence-corrected chi connectivity index (χ4v) is 2.33. The van der Waals surface area contributed by atoms with Gasteiger partial charge in [-0.05, 0) is 38.3 Å². The van der Waals surface area contributed by atoms with Crippen LogP contribution < -0.4 is 4.90 Å². The lowest BCUT2D eigenvalue weighted by Crippen LogP contribution is -2.42. The van der Waals surface area contributed by atoms with Gasteiger partial charge in [0.15, 0.2) is 0 Å². The first-order valence-electron chi connectivity index (χ1n) is 6.10. The number of nitrogens with zero attached hydrogens (tertiary/aromatic N) is 2. The fraction of sp³-hybridized carbons (Fsp3) is 0.615. The van der Waals surface area contributed by atoms with E-state index in [2.05, 4.69) is 35.9 Å². The largest absolute Gasteiger partial charge is 0.393 e. The van der Waals surface area contributed by atoms with E-state index in [9.17, 15) is 5.11 Å². The summed E-state index contributed by atoms with van der Waals surface area (Å²) < 4.78 is 0. The molecule has 88 valence electrons. The minimum absolute atomic E-state index is 0.130. The van der Waals surface area contributed by atoms with Crippen LogP contribution in [0, 0.1) is 0 Å². The Hall–Kier alpha value is -1.09. The lowest BCUT2D eigenvalue weighted by atomic mass is 10.0. The molecule has 1 aliphatic heterocycles. The van der Waals surface area contributed by atoms with Crippen LogP contribution in [0.3, 0.4) is 0 Å². The van der Waals surface area contributed by atoms with Crippen LogP contribution in [0.1, 0.15) is 32.4 Å². The second-order valence-corrected chi connectivity index (χ2v) is 4.58. The van der Waals surface area contributed by atoms with Crippen LogP contribution in [0.25, 0.3) is 0 Å². The number of hydrogen-bond donors (Lipinski definition) is 1. The lowest BCUT2D eigenvalue weighted by Gasteiger charge is -2.37. The monoisotopic (exact) mass is 220 g/mol. The Labute approximate surface area is 97.1 Å². The maximum absolute atomic E-state index is 9.58. The van der Waals surface area contributed by atoms with E-state index in [0.717, 1.165) is 31.5 Å². The number of aromatic nitrogens is 1. The van der Waals surface area contributed by atoms with Gasteiger partial charge in [-0.1, -0.05) is 6.92 Å². The van der Waals surface area contributed by atoms with Crippen molar-refractivity contribution in [3.63, 3.8) is 0 Å². The number of hydrogen-bond acceptors (Lipinski definition) is 3. The molecule has 0 bridgehead atoms. The molecule has 1 unspecified atom stereocenters. The number of piperidine rings is 1. The van der Waals surface area contributed by atoms with Crippen molar-refractivity contribution in [2.45, 2.75) is 45.3 Å². The van der Waals surface area contributed by atoms with Crippen molar-refractivity contribution >= 4 is 5.69 Å². The zero-order chi connectivity index (χ0) is 11.5. The highest BCUT2D eigenvalue weighted by molar-refractivity contribution is 5.46. The summed E-state index contributed by atoms with van der Waals surface area (Å²) >= 11 is 0. The molecule has 0 radical (unpaired) electrons. The first-order valence-corrected chi connectivity index (χ1v) is 6.10. The number of aryl methyl sites for hydroxylation is 1. The number of anilines is 1. The topological polar surface area (TPSA) is 36.4 Å². The van der Waals surface area contributed by atoms with Gasteiger partial charge in [-0.2, -0.15) is 0 Å². The molecule has 1 aromatic rings. The third kappa shape index (κ3) is 2.35. The Morgan fingerprint density at radius 3 is 2.88 bits per heavy atom. The average Bonchev–Trinajstić information content (AvgIpc) is 2.29. The molecule has 1 aromatic heterocycles. The summed E-state index contributed by atoms with van der Waals surface area (Å²) in [5, 5.41) is 9.58. The van der Waals surface area contributed by atoms with E-state index in [4.69, 9.17) is 0 Å². The zero-order valence-corrected chi connectivity index (χ0v) is 10.1. The van der Waals surface area contributed by atoms with Gasteiger partial charge in [-0.3, -0.25) is 4.98 Å². The van der Waals surface area contributed by atoms with Crippen LogP contribution in [-0.4, -0.2) is 28.8 Å². The molecular weight excluding hydrogens is 200 g/mol. The minimum atomic E-state index is -0.130. The van der Waals surface area contributed by atoms with Gasteiger partial charge in [-0.15, -0.1) is 0 Å². The summed E-state index contributed by atoms with van der Waals surface area (Å²) in [7, 11) is 0. The van der Waals surface area contributed by atoms with Crippen molar-refractivity contribution in [1.29, 1.82) is 0 Å². The highest BCUT2D eigenvalue weighted by atomic mass is 16.3. The molecule has 16 heavy (non-hydrogen) atoms. The first-order chi connectivity index (χ1) is 7.70. The van der Waals surface area contributed by atoms with Crippen LogP contribution in [0.5, 0.6) is 0 Å². The number of aliphatic hydroxyl groups excluding tert-OH is 1. The molecule has 0 spiro atoms. The minimum Gasteiger partial charge on any atom is -0.393 e. The van der Waals surface area contributed by atoms with Crippen molar-refractivity contribution in [2.24, 2.45) is 0 Å². The summed E-state index contributed by atoms with van der Waals surface area (Å²) in [6.07, 6.45) is 4.52. The van der Waals surface area contributed by atoms with Crippen molar-refractivity contribution in [1.82, 2.24) is 4.98 Å². The van der Waals surface area contributed by atoms with E-state index >= 15 is 0 Å². The fourth-order valence-electron chi connectivity index (χ4n) is 2.33. The van der Waals surface area contributed by atoms with E-state index in [1.165, 1.54) is 5.69 Å². The Kier molecular flexibility index (Phi) is 3.44. The van der Waals surface area contributed by atoms with Crippen molar-refractivity contribution in [2.75, 3.05) is 11.4 Å². The van der Waals surface area contributed by atoms with E-state index < -0.39 is 0 Å². The van der Waals surface area contributed by atoms with Gasteiger partial charge >= 0.3 is 0 Å². The quantitative estimate of drug-likeness (QED) is 0.828. The average molecular weight is 220 g/mol. The summed E-state index contributed by atoms with van der Waals surface area (Å²) in [5.41, 5.74) is 2.31. The van der Waals surface area contributed by atoms with Crippen molar-refractivity contribution < 1.29 is 5.11 Å². The molecule has 0 amide bonds. The SMILES string of the molecule is CCc1ccc(N2CCC(O)C[C@@H]2C)cn1. The normalized spacial score (nSPS) is 25.8. The molecule has 3 heteroatoms. The van der Waals surface area contributed by atoms with Crippen molar-refractivity contribution in [3.05, 3.63) is 24.0 Å². The maximum atomic E-state index is 9.58. The van der Waals surface area contributed by atoms with E-state index in [1.807, 2.05) is 6.20 Å². The van der Waals surface area contributed by atoms with Crippen LogP contribution in [0.4, 0.5) is 5.69 Å². The smallest absolute Gasteiger partial charge is 0.0576 e. The van der Waals surface area contributed by atoms with Crippen LogP contribution >= 0.6 is 0 Å². The molecule has 3 nitrogen and oxygen atoms in total. The molecule has 0 aliphatic carbocycles. The van der Waals surface area contributed by atoms with Gasteiger partial charge in [0, 0.05) is 18.3 Å². The van der Waals surface area contributed by atoms with Gasteiger partial charge < -0.3 is 10.0 Å². The number of aliphatic hydroxyl groups is 1. The highest BCUT2D eigenvalue weighted by Gasteiger charge is 2.24. The Balaban J connectivity index is 2.11. The summed E-state index contributed by atoms with van der Waals surface area (Å²) in [6.45, 7) is 5.20. The Bertz CT molecular complexity index is 336. The number of pyridine rings is 1. The molecule has 1 aliphatic rings. The third-order valence-electron chi connectivity index (χ3n) is 3.35. The summed E-state index contributed by atoms with van der Waals surface area (Å²) in [5.74, 6) is 0. The highest BCUT2D eigenvalue weighted by Crippen LogP contribution is 2.24. The molecule has 2 heterocycles. The number of rotatable bonds is 2. The second-order valence-electron chi connectivity index (χ2n) is 4.58. The molecule has 1 fully saturated rings. The van der Waals surface area contributed by atoms with E-state index in [-0.39, 0.29) is 6.10 Å². The van der Waals surface area contributed by atoms with Crippen LogP contribution in [0.2, 0.25) is 0 Å². The van der Waals surface area contributed by atoms with Crippen LogP contribution in [0.15, 0.2) is 18.3 Å². The molecule has 2 atom stereocenters. The summed E-state index contributed by atoms with van der Waals surface area (Å²) in [4.78, 5) is 6.75. The third-order valence-corrected chi connectivity index (χ3v) is 3.35. The second kappa shape index (κ2) is 4.83.